The number of carbonyl (C=O) groups is 1. The van der Waals surface area contributed by atoms with Gasteiger partial charge < -0.3 is 14.4 Å². The molecule has 1 saturated carbocycles. The molecule has 0 radical (unpaired) electrons. The minimum Gasteiger partial charge on any atom is -0.378 e. The van der Waals surface area contributed by atoms with E-state index in [1.54, 1.807) is 12.1 Å². The minimum atomic E-state index is -0.270. The van der Waals surface area contributed by atoms with E-state index in [4.69, 9.17) is 9.47 Å². The number of nitrogens with zero attached hydrogens (tertiary/aromatic N) is 1. The Morgan fingerprint density at radius 3 is 2.68 bits per heavy atom. The summed E-state index contributed by atoms with van der Waals surface area (Å²) in [6, 6.07) is 6.38. The predicted octanol–water partition coefficient (Wildman–Crippen LogP) is 2.94. The molecule has 0 spiro atoms. The zero-order valence-corrected chi connectivity index (χ0v) is 14.5. The SMILES string of the molecule is O=C(Cc1ccc(F)cc1)N1CC[C@@H]2OC(COCC3CC3)CC[C@@H]21. The second kappa shape index (κ2) is 7.42. The summed E-state index contributed by atoms with van der Waals surface area (Å²) in [7, 11) is 0. The summed E-state index contributed by atoms with van der Waals surface area (Å²) in [6.45, 7) is 2.31. The van der Waals surface area contributed by atoms with Crippen LogP contribution < -0.4 is 0 Å². The fraction of sp³-hybridized carbons (Fsp3) is 0.650. The fourth-order valence-electron chi connectivity index (χ4n) is 3.96. The van der Waals surface area contributed by atoms with Crippen LogP contribution in [-0.4, -0.2) is 48.8 Å². The second-order valence-electron chi connectivity index (χ2n) is 7.60. The number of amides is 1. The van der Waals surface area contributed by atoms with Crippen LogP contribution in [0.1, 0.15) is 37.7 Å². The van der Waals surface area contributed by atoms with Crippen molar-refractivity contribution in [1.82, 2.24) is 4.90 Å². The van der Waals surface area contributed by atoms with Gasteiger partial charge in [-0.05, 0) is 55.7 Å². The van der Waals surface area contributed by atoms with E-state index in [-0.39, 0.29) is 30.0 Å². The first-order valence-electron chi connectivity index (χ1n) is 9.46. The molecule has 2 heterocycles. The van der Waals surface area contributed by atoms with E-state index in [1.807, 2.05) is 4.90 Å². The Kier molecular flexibility index (Phi) is 5.04. The quantitative estimate of drug-likeness (QED) is 0.794. The highest BCUT2D eigenvalue weighted by molar-refractivity contribution is 5.79. The largest absolute Gasteiger partial charge is 0.378 e. The maximum atomic E-state index is 13.0. The third kappa shape index (κ3) is 4.21. The van der Waals surface area contributed by atoms with Crippen LogP contribution in [0.2, 0.25) is 0 Å². The van der Waals surface area contributed by atoms with Gasteiger partial charge >= 0.3 is 0 Å². The van der Waals surface area contributed by atoms with E-state index in [2.05, 4.69) is 0 Å². The normalized spacial score (nSPS) is 28.8. The average molecular weight is 347 g/mol. The molecule has 2 aliphatic heterocycles. The first kappa shape index (κ1) is 17.0. The van der Waals surface area contributed by atoms with Crippen molar-refractivity contribution in [1.29, 1.82) is 0 Å². The molecule has 2 saturated heterocycles. The van der Waals surface area contributed by atoms with E-state index in [9.17, 15) is 9.18 Å². The molecule has 1 aliphatic carbocycles. The van der Waals surface area contributed by atoms with Crippen molar-refractivity contribution < 1.29 is 18.7 Å². The molecule has 0 bridgehead atoms. The molecule has 1 aromatic rings. The van der Waals surface area contributed by atoms with Gasteiger partial charge in [0.05, 0.1) is 31.3 Å². The van der Waals surface area contributed by atoms with Crippen molar-refractivity contribution in [2.24, 2.45) is 5.92 Å². The molecule has 3 fully saturated rings. The Morgan fingerprint density at radius 1 is 1.12 bits per heavy atom. The highest BCUT2D eigenvalue weighted by Gasteiger charge is 2.41. The van der Waals surface area contributed by atoms with Gasteiger partial charge in [-0.2, -0.15) is 0 Å². The number of ether oxygens (including phenoxy) is 2. The van der Waals surface area contributed by atoms with E-state index in [0.717, 1.165) is 43.9 Å². The van der Waals surface area contributed by atoms with Gasteiger partial charge in [-0.3, -0.25) is 4.79 Å². The summed E-state index contributed by atoms with van der Waals surface area (Å²) < 4.78 is 25.0. The number of rotatable bonds is 6. The van der Waals surface area contributed by atoms with Gasteiger partial charge in [0.25, 0.3) is 0 Å². The van der Waals surface area contributed by atoms with E-state index in [1.165, 1.54) is 25.0 Å². The molecule has 1 unspecified atom stereocenters. The summed E-state index contributed by atoms with van der Waals surface area (Å²) in [6.07, 6.45) is 6.09. The van der Waals surface area contributed by atoms with Gasteiger partial charge in [0.15, 0.2) is 0 Å². The Morgan fingerprint density at radius 2 is 1.92 bits per heavy atom. The monoisotopic (exact) mass is 347 g/mol. The lowest BCUT2D eigenvalue weighted by Gasteiger charge is -2.36. The van der Waals surface area contributed by atoms with Gasteiger partial charge in [0.2, 0.25) is 5.91 Å². The van der Waals surface area contributed by atoms with Gasteiger partial charge in [-0.15, -0.1) is 0 Å². The molecular weight excluding hydrogens is 321 g/mol. The van der Waals surface area contributed by atoms with Gasteiger partial charge in [-0.1, -0.05) is 12.1 Å². The van der Waals surface area contributed by atoms with Crippen molar-refractivity contribution >= 4 is 5.91 Å². The topological polar surface area (TPSA) is 38.8 Å². The Bertz CT molecular complexity index is 601. The maximum Gasteiger partial charge on any atom is 0.227 e. The Balaban J connectivity index is 1.27. The van der Waals surface area contributed by atoms with Gasteiger partial charge in [-0.25, -0.2) is 4.39 Å². The highest BCUT2D eigenvalue weighted by Crippen LogP contribution is 2.33. The van der Waals surface area contributed by atoms with Crippen molar-refractivity contribution in [2.75, 3.05) is 19.8 Å². The molecule has 3 atom stereocenters. The lowest BCUT2D eigenvalue weighted by molar-refractivity contribution is -0.138. The number of carbonyl (C=O) groups excluding carboxylic acids is 1. The number of halogens is 1. The molecule has 4 nitrogen and oxygen atoms in total. The molecule has 1 amide bonds. The molecule has 25 heavy (non-hydrogen) atoms. The number of hydrogen-bond donors (Lipinski definition) is 0. The lowest BCUT2D eigenvalue weighted by Crippen LogP contribution is -2.46. The highest BCUT2D eigenvalue weighted by atomic mass is 19.1. The van der Waals surface area contributed by atoms with Crippen molar-refractivity contribution in [3.63, 3.8) is 0 Å². The van der Waals surface area contributed by atoms with Crippen molar-refractivity contribution in [3.05, 3.63) is 35.6 Å². The molecular formula is C20H26FNO3. The summed E-state index contributed by atoms with van der Waals surface area (Å²) in [4.78, 5) is 14.6. The van der Waals surface area contributed by atoms with Crippen LogP contribution in [-0.2, 0) is 20.7 Å². The molecule has 5 heteroatoms. The predicted molar refractivity (Wildman–Crippen MR) is 91.7 cm³/mol. The van der Waals surface area contributed by atoms with Crippen LogP contribution in [0, 0.1) is 11.7 Å². The lowest BCUT2D eigenvalue weighted by atomic mass is 9.99. The van der Waals surface area contributed by atoms with Crippen LogP contribution in [0.3, 0.4) is 0 Å². The molecule has 0 N–H and O–H groups in total. The van der Waals surface area contributed by atoms with Crippen LogP contribution >= 0.6 is 0 Å². The van der Waals surface area contributed by atoms with E-state index < -0.39 is 0 Å². The maximum absolute atomic E-state index is 13.0. The molecule has 3 aliphatic rings. The molecule has 4 rings (SSSR count). The van der Waals surface area contributed by atoms with Crippen LogP contribution in [0.25, 0.3) is 0 Å². The Hall–Kier alpha value is -1.46. The van der Waals surface area contributed by atoms with Crippen LogP contribution in [0.15, 0.2) is 24.3 Å². The van der Waals surface area contributed by atoms with Gasteiger partial charge in [0.1, 0.15) is 5.82 Å². The molecule has 0 aromatic heterocycles. The number of hydrogen-bond acceptors (Lipinski definition) is 3. The fourth-order valence-corrected chi connectivity index (χ4v) is 3.96. The van der Waals surface area contributed by atoms with Crippen LogP contribution in [0.4, 0.5) is 4.39 Å². The smallest absolute Gasteiger partial charge is 0.227 e. The van der Waals surface area contributed by atoms with E-state index >= 15 is 0 Å². The first-order valence-corrected chi connectivity index (χ1v) is 9.46. The number of fused-ring (bicyclic) bond motifs is 1. The molecule has 1 aromatic carbocycles. The van der Waals surface area contributed by atoms with Crippen molar-refractivity contribution in [2.45, 2.75) is 56.8 Å². The third-order valence-corrected chi connectivity index (χ3v) is 5.58. The van der Waals surface area contributed by atoms with Crippen molar-refractivity contribution in [3.8, 4) is 0 Å². The van der Waals surface area contributed by atoms with Crippen LogP contribution in [0.5, 0.6) is 0 Å². The van der Waals surface area contributed by atoms with E-state index in [0.29, 0.717) is 13.0 Å². The second-order valence-corrected chi connectivity index (χ2v) is 7.60. The van der Waals surface area contributed by atoms with Gasteiger partial charge in [0, 0.05) is 13.2 Å². The molecule has 136 valence electrons. The summed E-state index contributed by atoms with van der Waals surface area (Å²) in [5.74, 6) is 0.626. The summed E-state index contributed by atoms with van der Waals surface area (Å²) in [5.41, 5.74) is 0.859. The number of benzene rings is 1. The zero-order chi connectivity index (χ0) is 17.2. The third-order valence-electron chi connectivity index (χ3n) is 5.58. The minimum absolute atomic E-state index is 0.117. The average Bonchev–Trinajstić information content (AvgIpc) is 3.33. The summed E-state index contributed by atoms with van der Waals surface area (Å²) in [5, 5.41) is 0. The Labute approximate surface area is 148 Å². The summed E-state index contributed by atoms with van der Waals surface area (Å²) >= 11 is 0. The first-order chi connectivity index (χ1) is 12.2. The standard InChI is InChI=1S/C20H26FNO3/c21-16-5-3-14(4-6-16)11-20(23)22-10-9-19-18(22)8-7-17(25-19)13-24-12-15-1-2-15/h3-6,15,17-19H,1-2,7-13H2/t17?,18-,19-/m0/s1. The number of likely N-dealkylation sites (tertiary alicyclic amines) is 1. The zero-order valence-electron chi connectivity index (χ0n) is 14.5.